The van der Waals surface area contributed by atoms with E-state index in [-0.39, 0.29) is 71.1 Å². The number of nitrogens with two attached hydrogens (primary N) is 1. The van der Waals surface area contributed by atoms with Crippen LogP contribution in [0.1, 0.15) is 164 Å². The van der Waals surface area contributed by atoms with E-state index in [4.69, 9.17) is 10.7 Å². The molecule has 79 heavy (non-hydrogen) atoms. The van der Waals surface area contributed by atoms with Crippen molar-refractivity contribution in [3.63, 3.8) is 0 Å². The van der Waals surface area contributed by atoms with Crippen LogP contribution in [0.4, 0.5) is 0 Å². The van der Waals surface area contributed by atoms with Gasteiger partial charge in [0.05, 0.1) is 6.04 Å². The SMILES string of the molecule is C.C.Cc1cccc2c1CCC(=N[C@H](C)c1ccccc1)C2.Cc1cccc2c1CC[C@H](N)C2.Cc1cccc2c1CC[C@H](N[C@H](C)c1ccccc1)C2.Cc1cccc2c1CC[C@H](N[C@H](C)c1ccccc1)C2.Cl.Cl.I.II.[HH]. The van der Waals surface area contributed by atoms with Gasteiger partial charge in [-0.15, -0.1) is 48.8 Å². The lowest BCUT2D eigenvalue weighted by Gasteiger charge is -2.29. The molecular weight excluding hydrogens is 1350 g/mol. The summed E-state index contributed by atoms with van der Waals surface area (Å²) in [6.07, 6.45) is 13.9. The topological polar surface area (TPSA) is 62.4 Å². The van der Waals surface area contributed by atoms with Gasteiger partial charge in [-0.3, -0.25) is 4.99 Å². The molecule has 0 amide bonds. The second-order valence-electron chi connectivity index (χ2n) is 21.3. The molecule has 4 nitrogen and oxygen atoms in total. The predicted octanol–water partition coefficient (Wildman–Crippen LogP) is 19.7. The van der Waals surface area contributed by atoms with Gasteiger partial charge in [0.15, 0.2) is 0 Å². The van der Waals surface area contributed by atoms with Crippen LogP contribution in [-0.2, 0) is 51.4 Å². The van der Waals surface area contributed by atoms with E-state index in [9.17, 15) is 0 Å². The summed E-state index contributed by atoms with van der Waals surface area (Å²) < 4.78 is 0. The maximum Gasteiger partial charge on any atom is 0.0720 e. The molecule has 0 spiro atoms. The molecule has 0 unspecified atom stereocenters. The molecule has 4 aliphatic carbocycles. The van der Waals surface area contributed by atoms with Crippen molar-refractivity contribution in [1.82, 2.24) is 10.6 Å². The summed E-state index contributed by atoms with van der Waals surface area (Å²) in [6.45, 7) is 15.6. The summed E-state index contributed by atoms with van der Waals surface area (Å²) in [5.74, 6) is 0. The van der Waals surface area contributed by atoms with Gasteiger partial charge in [0, 0.05) is 81.0 Å². The molecule has 4 N–H and O–H groups in total. The number of rotatable bonds is 8. The minimum atomic E-state index is 0. The van der Waals surface area contributed by atoms with Crippen molar-refractivity contribution in [2.24, 2.45) is 10.7 Å². The molecule has 7 aromatic carbocycles. The molecule has 430 valence electrons. The van der Waals surface area contributed by atoms with Crippen molar-refractivity contribution >= 4 is 91.7 Å². The number of fused-ring (bicyclic) bond motifs is 4. The van der Waals surface area contributed by atoms with E-state index in [0.29, 0.717) is 30.2 Å². The van der Waals surface area contributed by atoms with Gasteiger partial charge in [0.25, 0.3) is 0 Å². The Morgan fingerprint density at radius 3 is 1.19 bits per heavy atom. The Bertz CT molecular complexity index is 2760. The zero-order chi connectivity index (χ0) is 52.4. The van der Waals surface area contributed by atoms with E-state index < -0.39 is 0 Å². The van der Waals surface area contributed by atoms with Crippen molar-refractivity contribution in [2.45, 2.75) is 177 Å². The van der Waals surface area contributed by atoms with Crippen LogP contribution in [0.2, 0.25) is 0 Å². The normalized spacial score (nSPS) is 17.7. The summed E-state index contributed by atoms with van der Waals surface area (Å²) in [6, 6.07) is 61.3. The maximum absolute atomic E-state index is 5.90. The van der Waals surface area contributed by atoms with Crippen LogP contribution in [0.25, 0.3) is 0 Å². The van der Waals surface area contributed by atoms with Gasteiger partial charge >= 0.3 is 0 Å². The van der Waals surface area contributed by atoms with Crippen molar-refractivity contribution in [2.75, 3.05) is 0 Å². The predicted molar refractivity (Wildman–Crippen MR) is 380 cm³/mol. The summed E-state index contributed by atoms with van der Waals surface area (Å²) >= 11 is 4.24. The smallest absolute Gasteiger partial charge is 0.0720 e. The summed E-state index contributed by atoms with van der Waals surface area (Å²) in [5, 5.41) is 7.59. The van der Waals surface area contributed by atoms with Crippen LogP contribution in [0.3, 0.4) is 0 Å². The van der Waals surface area contributed by atoms with Crippen molar-refractivity contribution in [1.29, 1.82) is 0 Å². The molecule has 0 aliphatic heterocycles. The second-order valence-corrected chi connectivity index (χ2v) is 21.3. The number of nitrogens with one attached hydrogen (secondary N) is 2. The first-order chi connectivity index (χ1) is 36.0. The zero-order valence-electron chi connectivity index (χ0n) is 46.5. The van der Waals surface area contributed by atoms with Crippen LogP contribution < -0.4 is 16.4 Å². The summed E-state index contributed by atoms with van der Waals surface area (Å²) in [7, 11) is 0. The number of nitrogens with zero attached hydrogens (tertiary/aromatic N) is 1. The van der Waals surface area contributed by atoms with Gasteiger partial charge in [-0.25, -0.2) is 0 Å². The van der Waals surface area contributed by atoms with Crippen LogP contribution in [-0.4, -0.2) is 23.8 Å². The highest BCUT2D eigenvalue weighted by Crippen LogP contribution is 2.29. The van der Waals surface area contributed by atoms with Gasteiger partial charge in [-0.05, 0) is 203 Å². The standard InChI is InChI=1S/2C19H23N.C19H21N.C11H15N.2CH4.2ClH.I2.HI.H2/c3*1-14-7-6-10-17-13-18(11-12-19(14)17)20-15(2)16-8-4-3-5-9-16;1-8-3-2-4-9-7-10(12)5-6-11(8)9;;;;;1-2;;/h2*3-10,15,18,20H,11-13H2,1-2H3;3-10,15H,11-13H2,1-2H3;2-4,10H,5-7,12H2,1H3;2*1H4;2*1H;;2*1H/t2*15-,18+;15-;10-;;;;;;;/m1110......./s1. The Morgan fingerprint density at radius 1 is 0.443 bits per heavy atom. The number of aliphatic imine (C=N–C) groups is 1. The third-order valence-corrected chi connectivity index (χ3v) is 16.0. The zero-order valence-corrected chi connectivity index (χ0v) is 54.8. The number of hydrogen-bond acceptors (Lipinski definition) is 4. The Morgan fingerprint density at radius 2 is 0.785 bits per heavy atom. The molecule has 0 saturated carbocycles. The number of aryl methyl sites for hydroxylation is 4. The maximum atomic E-state index is 5.90. The molecule has 7 aromatic rings. The van der Waals surface area contributed by atoms with E-state index >= 15 is 0 Å². The van der Waals surface area contributed by atoms with Crippen molar-refractivity contribution < 1.29 is 1.43 Å². The number of hydrogen-bond donors (Lipinski definition) is 3. The Hall–Kier alpha value is -3.14. The Labute approximate surface area is 533 Å². The second kappa shape index (κ2) is 37.1. The van der Waals surface area contributed by atoms with Crippen LogP contribution in [0.5, 0.6) is 0 Å². The lowest BCUT2D eigenvalue weighted by Crippen LogP contribution is -2.36. The minimum Gasteiger partial charge on any atom is -0.327 e. The first-order valence-electron chi connectivity index (χ1n) is 27.4. The Balaban J connectivity index is 0.000000522. The van der Waals surface area contributed by atoms with E-state index in [2.05, 4.69) is 260 Å². The first kappa shape index (κ1) is 72.0. The lowest BCUT2D eigenvalue weighted by molar-refractivity contribution is 0.413. The van der Waals surface area contributed by atoms with E-state index in [1.807, 2.05) is 0 Å². The fraction of sp³-hybridized carbons (Fsp3) is 0.386. The first-order valence-corrected chi connectivity index (χ1v) is 33.7. The largest absolute Gasteiger partial charge is 0.327 e. The van der Waals surface area contributed by atoms with E-state index in [0.717, 1.165) is 44.9 Å². The molecule has 0 bridgehead atoms. The highest BCUT2D eigenvalue weighted by Gasteiger charge is 2.23. The average molecular weight is 1440 g/mol. The molecule has 0 aromatic heterocycles. The monoisotopic (exact) mass is 1440 g/mol. The van der Waals surface area contributed by atoms with Crippen molar-refractivity contribution in [3.8, 4) is 0 Å². The van der Waals surface area contributed by atoms with Gasteiger partial charge in [-0.2, -0.15) is 0 Å². The molecular formula is C70H95Cl2I3N4. The molecule has 0 radical (unpaired) electrons. The van der Waals surface area contributed by atoms with Crippen LogP contribution in [0.15, 0.2) is 169 Å². The minimum absolute atomic E-state index is 0. The fourth-order valence-electron chi connectivity index (χ4n) is 11.7. The third kappa shape index (κ3) is 21.2. The highest BCUT2D eigenvalue weighted by molar-refractivity contribution is 15.0. The molecule has 6 atom stereocenters. The van der Waals surface area contributed by atoms with Gasteiger partial charge < -0.3 is 16.4 Å². The third-order valence-electron chi connectivity index (χ3n) is 16.0. The molecule has 9 heteroatoms. The van der Waals surface area contributed by atoms with Gasteiger partial charge in [0.2, 0.25) is 0 Å². The Kier molecular flexibility index (Phi) is 33.8. The molecule has 0 heterocycles. The van der Waals surface area contributed by atoms with Gasteiger partial charge in [-0.1, -0.05) is 179 Å². The van der Waals surface area contributed by atoms with Crippen LogP contribution in [0, 0.1) is 27.7 Å². The highest BCUT2D eigenvalue weighted by atomic mass is 128. The number of halogens is 5. The molecule has 0 saturated heterocycles. The molecule has 4 aliphatic rings. The van der Waals surface area contributed by atoms with Crippen molar-refractivity contribution in [3.05, 3.63) is 247 Å². The van der Waals surface area contributed by atoms with E-state index in [1.54, 1.807) is 22.3 Å². The molecule has 11 rings (SSSR count). The summed E-state index contributed by atoms with van der Waals surface area (Å²) in [5.41, 5.74) is 29.3. The lowest BCUT2D eigenvalue weighted by atomic mass is 9.85. The summed E-state index contributed by atoms with van der Waals surface area (Å²) in [4.78, 5) is 4.95. The number of benzene rings is 7. The molecule has 0 fully saturated rings. The van der Waals surface area contributed by atoms with Gasteiger partial charge in [0.1, 0.15) is 0 Å². The fourth-order valence-corrected chi connectivity index (χ4v) is 11.7. The average Bonchev–Trinajstić information content (AvgIpc) is 3.43. The van der Waals surface area contributed by atoms with Crippen LogP contribution >= 0.6 is 86.0 Å². The van der Waals surface area contributed by atoms with E-state index in [1.165, 1.54) is 99.0 Å². The quantitative estimate of drug-likeness (QED) is 0.133.